The van der Waals surface area contributed by atoms with Crippen molar-refractivity contribution in [3.8, 4) is 5.75 Å². The maximum absolute atomic E-state index is 13.6. The Kier molecular flexibility index (Phi) is 16.4. The summed E-state index contributed by atoms with van der Waals surface area (Å²) in [5.41, 5.74) is 4.90. The Morgan fingerprint density at radius 1 is 0.765 bits per heavy atom. The van der Waals surface area contributed by atoms with Gasteiger partial charge in [-0.2, -0.15) is 0 Å². The molecule has 0 spiro atoms. The highest BCUT2D eigenvalue weighted by molar-refractivity contribution is 5.97. The molecule has 0 saturated carbocycles. The second kappa shape index (κ2) is 19.9. The monoisotopic (exact) mass is 716 g/mol. The second-order valence-corrected chi connectivity index (χ2v) is 12.6. The lowest BCUT2D eigenvalue weighted by atomic mass is 9.98. The molecule has 0 radical (unpaired) electrons. The molecule has 12 N–H and O–H groups in total. The number of aromatic hydroxyl groups is 1. The van der Waals surface area contributed by atoms with Gasteiger partial charge in [-0.15, -0.1) is 0 Å². The number of aliphatic hydroxyl groups excluding tert-OH is 3. The van der Waals surface area contributed by atoms with Gasteiger partial charge < -0.3 is 57.9 Å². The Morgan fingerprint density at radius 2 is 1.33 bits per heavy atom. The number of amides is 5. The molecule has 17 nitrogen and oxygen atoms in total. The third kappa shape index (κ3) is 13.3. The van der Waals surface area contributed by atoms with Crippen LogP contribution in [0.4, 0.5) is 0 Å². The van der Waals surface area contributed by atoms with Crippen LogP contribution < -0.4 is 32.3 Å². The van der Waals surface area contributed by atoms with Gasteiger partial charge in [0.05, 0.1) is 31.9 Å². The number of phenols is 1. The zero-order valence-corrected chi connectivity index (χ0v) is 28.7. The molecule has 0 aromatic heterocycles. The minimum absolute atomic E-state index is 0.00563. The summed E-state index contributed by atoms with van der Waals surface area (Å²) in [4.78, 5) is 77.2. The van der Waals surface area contributed by atoms with E-state index < -0.39 is 91.1 Å². The van der Waals surface area contributed by atoms with Gasteiger partial charge in [0.25, 0.3) is 5.91 Å². The molecule has 0 bridgehead atoms. The first-order valence-corrected chi connectivity index (χ1v) is 16.2. The lowest BCUT2D eigenvalue weighted by molar-refractivity contribution is -0.145. The Balaban J connectivity index is 2.17. The number of rotatable bonds is 20. The van der Waals surface area contributed by atoms with Crippen LogP contribution in [0.3, 0.4) is 0 Å². The molecule has 5 atom stereocenters. The lowest BCUT2D eigenvalue weighted by Gasteiger charge is -2.31. The number of carbonyl (C=O) groups is 6. The molecule has 2 rings (SSSR count). The lowest BCUT2D eigenvalue weighted by Crippen LogP contribution is -2.66. The van der Waals surface area contributed by atoms with Gasteiger partial charge in [0.15, 0.2) is 11.6 Å². The van der Waals surface area contributed by atoms with E-state index in [0.29, 0.717) is 11.1 Å². The number of carbonyl (C=O) groups excluding carboxylic acids is 5. The predicted octanol–water partition coefficient (Wildman–Crippen LogP) is -2.57. The second-order valence-electron chi connectivity index (χ2n) is 12.6. The average Bonchev–Trinajstić information content (AvgIpc) is 3.08. The van der Waals surface area contributed by atoms with Gasteiger partial charge in [-0.05, 0) is 48.9 Å². The summed E-state index contributed by atoms with van der Waals surface area (Å²) in [6.07, 6.45) is -1.41. The van der Waals surface area contributed by atoms with Crippen molar-refractivity contribution < 1.29 is 54.3 Å². The first-order valence-electron chi connectivity index (χ1n) is 16.2. The summed E-state index contributed by atoms with van der Waals surface area (Å²) in [6, 6.07) is 9.00. The van der Waals surface area contributed by atoms with Crippen LogP contribution in [0.2, 0.25) is 0 Å². The number of hydrogen-bond acceptors (Lipinski definition) is 11. The Labute approximate surface area is 295 Å². The minimum Gasteiger partial charge on any atom is -0.508 e. The van der Waals surface area contributed by atoms with Gasteiger partial charge in [0.1, 0.15) is 17.8 Å². The van der Waals surface area contributed by atoms with Crippen LogP contribution in [0, 0.1) is 5.92 Å². The quantitative estimate of drug-likeness (QED) is 0.0674. The minimum atomic E-state index is -2.28. The number of nitrogens with one attached hydrogen (secondary N) is 5. The largest absolute Gasteiger partial charge is 0.508 e. The van der Waals surface area contributed by atoms with Crippen molar-refractivity contribution in [2.75, 3.05) is 19.8 Å². The normalized spacial score (nSPS) is 14.3. The third-order valence-electron chi connectivity index (χ3n) is 7.80. The number of aliphatic carboxylic acids is 1. The zero-order chi connectivity index (χ0) is 38.3. The van der Waals surface area contributed by atoms with E-state index in [1.54, 1.807) is 44.2 Å². The van der Waals surface area contributed by atoms with Crippen molar-refractivity contribution in [3.63, 3.8) is 0 Å². The SMILES string of the molecule is CC(C)C[C@H](NC(=O)[C@H](Cc1ccccc1)NC(=O)CNC(=O)C(CO)(CO)NC(=O)[C@@H](N)Cc1ccc(O)cc1)C(=O)N[C@H](C(=O)O)[C@@H](C)O. The van der Waals surface area contributed by atoms with E-state index in [0.717, 1.165) is 0 Å². The molecule has 0 aliphatic rings. The van der Waals surface area contributed by atoms with Crippen LogP contribution in [-0.2, 0) is 41.6 Å². The molecule has 0 aliphatic carbocycles. The number of benzene rings is 2. The first-order chi connectivity index (χ1) is 24.0. The van der Waals surface area contributed by atoms with Gasteiger partial charge in [0.2, 0.25) is 23.6 Å². The third-order valence-corrected chi connectivity index (χ3v) is 7.80. The summed E-state index contributed by atoms with van der Waals surface area (Å²) >= 11 is 0. The van der Waals surface area contributed by atoms with E-state index in [4.69, 9.17) is 5.73 Å². The summed E-state index contributed by atoms with van der Waals surface area (Å²) in [7, 11) is 0. The fraction of sp³-hybridized carbons (Fsp3) is 0.471. The van der Waals surface area contributed by atoms with E-state index in [-0.39, 0.29) is 30.9 Å². The number of aliphatic hydroxyl groups is 3. The molecule has 0 saturated heterocycles. The highest BCUT2D eigenvalue weighted by Gasteiger charge is 2.40. The van der Waals surface area contributed by atoms with E-state index >= 15 is 0 Å². The van der Waals surface area contributed by atoms with Crippen LogP contribution in [-0.4, -0.2) is 117 Å². The summed E-state index contributed by atoms with van der Waals surface area (Å²) in [6.45, 7) is 1.83. The van der Waals surface area contributed by atoms with Gasteiger partial charge >= 0.3 is 5.97 Å². The topological polar surface area (TPSA) is 290 Å². The van der Waals surface area contributed by atoms with Crippen molar-refractivity contribution in [2.45, 2.75) is 75.8 Å². The fourth-order valence-corrected chi connectivity index (χ4v) is 4.89. The summed E-state index contributed by atoms with van der Waals surface area (Å²) in [5.74, 6) is -6.20. The number of hydrogen-bond donors (Lipinski definition) is 11. The Morgan fingerprint density at radius 3 is 1.86 bits per heavy atom. The van der Waals surface area contributed by atoms with Crippen LogP contribution in [0.5, 0.6) is 5.75 Å². The molecule has 2 aromatic carbocycles. The van der Waals surface area contributed by atoms with Crippen molar-refractivity contribution in [1.82, 2.24) is 26.6 Å². The van der Waals surface area contributed by atoms with Crippen molar-refractivity contribution in [2.24, 2.45) is 11.7 Å². The standard InChI is InChI=1S/C34H48N6O11/c1-19(2)13-25(31(48)39-28(20(3)43)32(49)50)38-30(47)26(15-21-7-5-4-6-8-21)37-27(45)16-36-33(51)34(17-41,18-42)40-29(46)24(35)14-22-9-11-23(44)12-10-22/h4-12,19-20,24-26,28,41-44H,13-18,35H2,1-3H3,(H,36,51)(H,37,45)(H,38,47)(H,39,48)(H,40,46)(H,49,50)/t20-,24+,25+,26+,28+/m1/s1. The van der Waals surface area contributed by atoms with Gasteiger partial charge in [0, 0.05) is 6.42 Å². The Bertz CT molecular complexity index is 1480. The molecule has 0 fully saturated rings. The number of nitrogens with two attached hydrogens (primary N) is 1. The number of carboxylic acids is 1. The molecule has 5 amide bonds. The smallest absolute Gasteiger partial charge is 0.328 e. The van der Waals surface area contributed by atoms with Crippen molar-refractivity contribution >= 4 is 35.5 Å². The molecule has 51 heavy (non-hydrogen) atoms. The molecule has 280 valence electrons. The number of phenolic OH excluding ortho intramolecular Hbond substituents is 1. The highest BCUT2D eigenvalue weighted by Crippen LogP contribution is 2.13. The molecule has 2 aromatic rings. The fourth-order valence-electron chi connectivity index (χ4n) is 4.89. The molecular formula is C34H48N6O11. The number of carboxylic acid groups (broad SMARTS) is 1. The maximum atomic E-state index is 13.6. The van der Waals surface area contributed by atoms with Gasteiger partial charge in [-0.1, -0.05) is 56.3 Å². The Hall–Kier alpha value is -5.10. The molecule has 17 heteroatoms. The van der Waals surface area contributed by atoms with Crippen LogP contribution >= 0.6 is 0 Å². The zero-order valence-electron chi connectivity index (χ0n) is 28.7. The van der Waals surface area contributed by atoms with Crippen LogP contribution in [0.15, 0.2) is 54.6 Å². The summed E-state index contributed by atoms with van der Waals surface area (Å²) < 4.78 is 0. The molecule has 0 aliphatic heterocycles. The van der Waals surface area contributed by atoms with Gasteiger partial charge in [-0.3, -0.25) is 24.0 Å². The first kappa shape index (κ1) is 42.1. The van der Waals surface area contributed by atoms with E-state index in [2.05, 4.69) is 26.6 Å². The van der Waals surface area contributed by atoms with E-state index in [1.165, 1.54) is 31.2 Å². The van der Waals surface area contributed by atoms with E-state index in [9.17, 15) is 54.3 Å². The van der Waals surface area contributed by atoms with Crippen molar-refractivity contribution in [1.29, 1.82) is 0 Å². The van der Waals surface area contributed by atoms with Crippen molar-refractivity contribution in [3.05, 3.63) is 65.7 Å². The molecule has 0 unspecified atom stereocenters. The predicted molar refractivity (Wildman–Crippen MR) is 183 cm³/mol. The van der Waals surface area contributed by atoms with Crippen LogP contribution in [0.25, 0.3) is 0 Å². The molecular weight excluding hydrogens is 668 g/mol. The highest BCUT2D eigenvalue weighted by atomic mass is 16.4. The van der Waals surface area contributed by atoms with E-state index in [1.807, 2.05) is 0 Å². The van der Waals surface area contributed by atoms with Crippen LogP contribution in [0.1, 0.15) is 38.3 Å². The molecule has 0 heterocycles. The maximum Gasteiger partial charge on any atom is 0.328 e. The van der Waals surface area contributed by atoms with Gasteiger partial charge in [-0.25, -0.2) is 4.79 Å². The summed E-state index contributed by atoms with van der Waals surface area (Å²) in [5, 5.41) is 60.4. The average molecular weight is 717 g/mol.